The molecule has 12 heavy (non-hydrogen) atoms. The van der Waals surface area contributed by atoms with Crippen LogP contribution in [0.4, 0.5) is 5.82 Å². The fraction of sp³-hybridized carbons (Fsp3) is 0.143. The van der Waals surface area contributed by atoms with Gasteiger partial charge >= 0.3 is 0 Å². The summed E-state index contributed by atoms with van der Waals surface area (Å²) >= 11 is 10.9. The predicted molar refractivity (Wildman–Crippen MR) is 48.6 cm³/mol. The summed E-state index contributed by atoms with van der Waals surface area (Å²) in [7, 11) is 0. The van der Waals surface area contributed by atoms with Crippen LogP contribution in [0.5, 0.6) is 0 Å². The van der Waals surface area contributed by atoms with Crippen LogP contribution in [-0.2, 0) is 0 Å². The summed E-state index contributed by atoms with van der Waals surface area (Å²) < 4.78 is 0. The molecule has 1 aromatic rings. The van der Waals surface area contributed by atoms with Gasteiger partial charge in [-0.25, -0.2) is 4.98 Å². The Kier molecular flexibility index (Phi) is 2.55. The van der Waals surface area contributed by atoms with E-state index in [1.807, 2.05) is 0 Å². The van der Waals surface area contributed by atoms with Gasteiger partial charge in [0.05, 0.1) is 16.3 Å². The maximum absolute atomic E-state index is 10.7. The van der Waals surface area contributed by atoms with Crippen molar-refractivity contribution in [2.45, 2.75) is 6.92 Å². The SMILES string of the molecule is Cc1nc(N)c(C(=O)Cl)cc1Cl. The zero-order valence-corrected chi connectivity index (χ0v) is 7.78. The largest absolute Gasteiger partial charge is 0.383 e. The fourth-order valence-electron chi connectivity index (χ4n) is 0.757. The quantitative estimate of drug-likeness (QED) is 0.713. The highest BCUT2D eigenvalue weighted by Crippen LogP contribution is 2.20. The first-order valence-electron chi connectivity index (χ1n) is 3.15. The van der Waals surface area contributed by atoms with Crippen molar-refractivity contribution < 1.29 is 4.79 Å². The van der Waals surface area contributed by atoms with Gasteiger partial charge in [0, 0.05) is 0 Å². The zero-order chi connectivity index (χ0) is 9.30. The number of carbonyl (C=O) groups is 1. The Morgan fingerprint density at radius 2 is 2.25 bits per heavy atom. The molecular weight excluding hydrogens is 199 g/mol. The van der Waals surface area contributed by atoms with Crippen LogP contribution in [0, 0.1) is 6.92 Å². The normalized spacial score (nSPS) is 9.92. The molecule has 0 unspecified atom stereocenters. The summed E-state index contributed by atoms with van der Waals surface area (Å²) in [6.07, 6.45) is 0. The second kappa shape index (κ2) is 3.29. The lowest BCUT2D eigenvalue weighted by Crippen LogP contribution is -2.02. The van der Waals surface area contributed by atoms with Gasteiger partial charge in [-0.2, -0.15) is 0 Å². The second-order valence-electron chi connectivity index (χ2n) is 2.26. The number of hydrogen-bond acceptors (Lipinski definition) is 3. The number of nitrogen functional groups attached to an aromatic ring is 1. The van der Waals surface area contributed by atoms with E-state index in [9.17, 15) is 4.79 Å². The Morgan fingerprint density at radius 3 is 2.75 bits per heavy atom. The predicted octanol–water partition coefficient (Wildman–Crippen LogP) is 2.00. The number of nitrogens with zero attached hydrogens (tertiary/aromatic N) is 1. The molecule has 0 aromatic carbocycles. The number of aromatic nitrogens is 1. The Balaban J connectivity index is 3.33. The Hall–Kier alpha value is -0.800. The van der Waals surface area contributed by atoms with Gasteiger partial charge in [-0.1, -0.05) is 11.6 Å². The Morgan fingerprint density at radius 1 is 1.67 bits per heavy atom. The molecule has 0 aliphatic heterocycles. The minimum absolute atomic E-state index is 0.108. The number of pyridine rings is 1. The van der Waals surface area contributed by atoms with E-state index in [0.717, 1.165) is 0 Å². The minimum Gasteiger partial charge on any atom is -0.383 e. The molecule has 0 saturated carbocycles. The van der Waals surface area contributed by atoms with Gasteiger partial charge in [-0.15, -0.1) is 0 Å². The van der Waals surface area contributed by atoms with Gasteiger partial charge in [-0.05, 0) is 24.6 Å². The molecule has 0 spiro atoms. The molecule has 64 valence electrons. The molecule has 0 aliphatic carbocycles. The maximum atomic E-state index is 10.7. The highest BCUT2D eigenvalue weighted by Gasteiger charge is 2.10. The molecule has 0 fully saturated rings. The monoisotopic (exact) mass is 204 g/mol. The lowest BCUT2D eigenvalue weighted by atomic mass is 10.2. The van der Waals surface area contributed by atoms with E-state index in [4.69, 9.17) is 28.9 Å². The van der Waals surface area contributed by atoms with Gasteiger partial charge < -0.3 is 5.73 Å². The molecule has 1 rings (SSSR count). The van der Waals surface area contributed by atoms with Crippen LogP contribution in [-0.4, -0.2) is 10.2 Å². The van der Waals surface area contributed by atoms with E-state index in [-0.39, 0.29) is 11.4 Å². The van der Waals surface area contributed by atoms with Crippen LogP contribution >= 0.6 is 23.2 Å². The molecule has 0 radical (unpaired) electrons. The summed E-state index contributed by atoms with van der Waals surface area (Å²) in [6, 6.07) is 1.41. The van der Waals surface area contributed by atoms with Crippen molar-refractivity contribution in [2.24, 2.45) is 0 Å². The third kappa shape index (κ3) is 1.68. The lowest BCUT2D eigenvalue weighted by molar-refractivity contribution is 0.108. The Labute approximate surface area is 79.5 Å². The summed E-state index contributed by atoms with van der Waals surface area (Å²) in [5, 5.41) is -0.268. The van der Waals surface area contributed by atoms with Crippen LogP contribution in [0.25, 0.3) is 0 Å². The van der Waals surface area contributed by atoms with E-state index < -0.39 is 5.24 Å². The number of nitrogens with two attached hydrogens (primary N) is 1. The molecule has 0 bridgehead atoms. The van der Waals surface area contributed by atoms with Crippen molar-refractivity contribution in [3.8, 4) is 0 Å². The summed E-state index contributed by atoms with van der Waals surface area (Å²) in [6.45, 7) is 1.70. The van der Waals surface area contributed by atoms with Crippen LogP contribution in [0.2, 0.25) is 5.02 Å². The second-order valence-corrected chi connectivity index (χ2v) is 3.01. The van der Waals surface area contributed by atoms with Gasteiger partial charge in [0.1, 0.15) is 5.82 Å². The number of anilines is 1. The summed E-state index contributed by atoms with van der Waals surface area (Å²) in [5.41, 5.74) is 6.14. The summed E-state index contributed by atoms with van der Waals surface area (Å²) in [5.74, 6) is 0.108. The number of hydrogen-bond donors (Lipinski definition) is 1. The maximum Gasteiger partial charge on any atom is 0.256 e. The van der Waals surface area contributed by atoms with E-state index in [1.54, 1.807) is 6.92 Å². The fourth-order valence-corrected chi connectivity index (χ4v) is 1.06. The van der Waals surface area contributed by atoms with E-state index >= 15 is 0 Å². The zero-order valence-electron chi connectivity index (χ0n) is 6.27. The van der Waals surface area contributed by atoms with Crippen LogP contribution in [0.15, 0.2) is 6.07 Å². The number of carbonyl (C=O) groups excluding carboxylic acids is 1. The molecule has 0 amide bonds. The first-order chi connectivity index (χ1) is 5.52. The summed E-state index contributed by atoms with van der Waals surface area (Å²) in [4.78, 5) is 14.6. The Bertz CT molecular complexity index is 338. The highest BCUT2D eigenvalue weighted by atomic mass is 35.5. The molecule has 0 atom stereocenters. The van der Waals surface area contributed by atoms with Gasteiger partial charge in [0.2, 0.25) is 0 Å². The van der Waals surface area contributed by atoms with Crippen LogP contribution in [0.1, 0.15) is 16.1 Å². The van der Waals surface area contributed by atoms with Gasteiger partial charge in [-0.3, -0.25) is 4.79 Å². The molecule has 0 aliphatic rings. The highest BCUT2D eigenvalue weighted by molar-refractivity contribution is 6.68. The topological polar surface area (TPSA) is 56.0 Å². The van der Waals surface area contributed by atoms with Crippen molar-refractivity contribution in [2.75, 3.05) is 5.73 Å². The van der Waals surface area contributed by atoms with Gasteiger partial charge in [0.15, 0.2) is 0 Å². The molecule has 5 heteroatoms. The van der Waals surface area contributed by atoms with E-state index in [1.165, 1.54) is 6.07 Å². The molecule has 1 heterocycles. The average Bonchev–Trinajstić information content (AvgIpc) is 1.96. The first kappa shape index (κ1) is 9.29. The molecular formula is C7H6Cl2N2O. The van der Waals surface area contributed by atoms with Crippen molar-refractivity contribution in [3.05, 3.63) is 22.3 Å². The smallest absolute Gasteiger partial charge is 0.256 e. The third-order valence-corrected chi connectivity index (χ3v) is 1.98. The van der Waals surface area contributed by atoms with Crippen molar-refractivity contribution in [1.82, 2.24) is 4.98 Å². The van der Waals surface area contributed by atoms with Gasteiger partial charge in [0.25, 0.3) is 5.24 Å². The van der Waals surface area contributed by atoms with Crippen molar-refractivity contribution in [1.29, 1.82) is 0 Å². The molecule has 1 aromatic heterocycles. The minimum atomic E-state index is -0.651. The first-order valence-corrected chi connectivity index (χ1v) is 3.90. The van der Waals surface area contributed by atoms with Crippen LogP contribution < -0.4 is 5.73 Å². The van der Waals surface area contributed by atoms with E-state index in [2.05, 4.69) is 4.98 Å². The van der Waals surface area contributed by atoms with E-state index in [0.29, 0.717) is 10.7 Å². The van der Waals surface area contributed by atoms with Crippen LogP contribution in [0.3, 0.4) is 0 Å². The number of rotatable bonds is 1. The number of halogens is 2. The number of aryl methyl sites for hydroxylation is 1. The standard InChI is InChI=1S/C7H6Cl2N2O/c1-3-5(8)2-4(6(9)12)7(10)11-3/h2H,1H3,(H2,10,11). The molecule has 3 nitrogen and oxygen atoms in total. The lowest BCUT2D eigenvalue weighted by Gasteiger charge is -2.02. The molecule has 2 N–H and O–H groups in total. The van der Waals surface area contributed by atoms with Crippen molar-refractivity contribution >= 4 is 34.3 Å². The van der Waals surface area contributed by atoms with Crippen molar-refractivity contribution in [3.63, 3.8) is 0 Å². The molecule has 0 saturated heterocycles. The average molecular weight is 205 g/mol. The third-order valence-electron chi connectivity index (χ3n) is 1.39.